The molecule has 8 heteroatoms. The van der Waals surface area contributed by atoms with Gasteiger partial charge in [0.05, 0.1) is 18.9 Å². The Bertz CT molecular complexity index is 1010. The van der Waals surface area contributed by atoms with Crippen molar-refractivity contribution in [2.24, 2.45) is 14.1 Å². The molecule has 0 aliphatic heterocycles. The molecule has 3 aromatic rings. The van der Waals surface area contributed by atoms with Crippen LogP contribution in [0.3, 0.4) is 0 Å². The van der Waals surface area contributed by atoms with Crippen LogP contribution in [-0.2, 0) is 20.6 Å². The van der Waals surface area contributed by atoms with Crippen LogP contribution in [0.5, 0.6) is 5.75 Å². The molecule has 0 fully saturated rings. The first-order valence-corrected chi connectivity index (χ1v) is 7.93. The molecule has 0 aromatic carbocycles. The van der Waals surface area contributed by atoms with Crippen LogP contribution in [0.25, 0.3) is 11.1 Å². The minimum Gasteiger partial charge on any atom is -0.496 e. The van der Waals surface area contributed by atoms with E-state index in [1.54, 1.807) is 30.3 Å². The van der Waals surface area contributed by atoms with Crippen LogP contribution < -0.4 is 15.6 Å². The molecule has 0 unspecified atom stereocenters. The first-order chi connectivity index (χ1) is 12.5. The van der Waals surface area contributed by atoms with Crippen LogP contribution in [-0.4, -0.2) is 32.3 Å². The molecule has 3 rings (SSSR count). The fraction of sp³-hybridized carbons (Fsp3) is 0.222. The molecule has 0 aliphatic rings. The van der Waals surface area contributed by atoms with E-state index < -0.39 is 0 Å². The molecule has 0 radical (unpaired) electrons. The predicted octanol–water partition coefficient (Wildman–Crippen LogP) is 1.12. The second kappa shape index (κ2) is 7.22. The number of ether oxygens (including phenoxy) is 1. The molecule has 0 spiro atoms. The molecule has 26 heavy (non-hydrogen) atoms. The highest BCUT2D eigenvalue weighted by molar-refractivity contribution is 5.96. The summed E-state index contributed by atoms with van der Waals surface area (Å²) in [5, 5.41) is 6.97. The Labute approximate surface area is 150 Å². The van der Waals surface area contributed by atoms with Crippen molar-refractivity contribution in [3.05, 3.63) is 64.6 Å². The molecule has 0 atom stereocenters. The van der Waals surface area contributed by atoms with Crippen molar-refractivity contribution in [3.63, 3.8) is 0 Å². The highest BCUT2D eigenvalue weighted by atomic mass is 16.5. The molecule has 1 amide bonds. The van der Waals surface area contributed by atoms with Gasteiger partial charge in [-0.3, -0.25) is 19.3 Å². The normalized spacial score (nSPS) is 10.6. The number of methoxy groups -OCH3 is 1. The highest BCUT2D eigenvalue weighted by Gasteiger charge is 2.14. The maximum Gasteiger partial charge on any atom is 0.256 e. The van der Waals surface area contributed by atoms with E-state index in [1.165, 1.54) is 23.9 Å². The van der Waals surface area contributed by atoms with Crippen molar-refractivity contribution in [2.45, 2.75) is 6.54 Å². The molecule has 134 valence electrons. The van der Waals surface area contributed by atoms with E-state index in [2.05, 4.69) is 15.4 Å². The van der Waals surface area contributed by atoms with Crippen LogP contribution >= 0.6 is 0 Å². The SMILES string of the molecule is COc1cc(=O)n(C)cc1C(=O)NCc1cncc(-c2cnn(C)c2)c1. The summed E-state index contributed by atoms with van der Waals surface area (Å²) in [5.74, 6) is -0.0860. The van der Waals surface area contributed by atoms with Gasteiger partial charge in [0.25, 0.3) is 11.5 Å². The molecule has 0 aliphatic carbocycles. The number of nitrogens with zero attached hydrogens (tertiary/aromatic N) is 4. The number of pyridine rings is 2. The number of hydrogen-bond acceptors (Lipinski definition) is 5. The van der Waals surface area contributed by atoms with Crippen molar-refractivity contribution >= 4 is 5.91 Å². The number of rotatable bonds is 5. The number of nitrogens with one attached hydrogen (secondary N) is 1. The summed E-state index contributed by atoms with van der Waals surface area (Å²) in [7, 11) is 4.86. The quantitative estimate of drug-likeness (QED) is 0.742. The summed E-state index contributed by atoms with van der Waals surface area (Å²) in [4.78, 5) is 28.4. The number of amides is 1. The topological polar surface area (TPSA) is 91.0 Å². The zero-order valence-corrected chi connectivity index (χ0v) is 14.8. The first kappa shape index (κ1) is 17.4. The molecule has 8 nitrogen and oxygen atoms in total. The van der Waals surface area contributed by atoms with Gasteiger partial charge in [-0.25, -0.2) is 0 Å². The van der Waals surface area contributed by atoms with Crippen molar-refractivity contribution < 1.29 is 9.53 Å². The first-order valence-electron chi connectivity index (χ1n) is 7.93. The molecular formula is C18H19N5O3. The largest absolute Gasteiger partial charge is 0.496 e. The highest BCUT2D eigenvalue weighted by Crippen LogP contribution is 2.19. The maximum atomic E-state index is 12.5. The summed E-state index contributed by atoms with van der Waals surface area (Å²) in [5.41, 5.74) is 2.78. The van der Waals surface area contributed by atoms with E-state index in [4.69, 9.17) is 4.74 Å². The lowest BCUT2D eigenvalue weighted by Crippen LogP contribution is -2.26. The van der Waals surface area contributed by atoms with Gasteiger partial charge in [-0.15, -0.1) is 0 Å². The third kappa shape index (κ3) is 3.64. The summed E-state index contributed by atoms with van der Waals surface area (Å²) in [6, 6.07) is 3.24. The Morgan fingerprint density at radius 1 is 1.15 bits per heavy atom. The molecule has 3 heterocycles. The number of carbonyl (C=O) groups excluding carboxylic acids is 1. The molecule has 0 saturated carbocycles. The third-order valence-electron chi connectivity index (χ3n) is 3.94. The summed E-state index contributed by atoms with van der Waals surface area (Å²) in [6.45, 7) is 0.298. The lowest BCUT2D eigenvalue weighted by Gasteiger charge is -2.11. The fourth-order valence-electron chi connectivity index (χ4n) is 2.54. The van der Waals surface area contributed by atoms with Crippen LogP contribution in [0.1, 0.15) is 15.9 Å². The fourth-order valence-corrected chi connectivity index (χ4v) is 2.54. The molecule has 1 N–H and O–H groups in total. The second-order valence-corrected chi connectivity index (χ2v) is 5.87. The maximum absolute atomic E-state index is 12.5. The Morgan fingerprint density at radius 3 is 2.65 bits per heavy atom. The predicted molar refractivity (Wildman–Crippen MR) is 95.8 cm³/mol. The van der Waals surface area contributed by atoms with Gasteiger partial charge in [0.2, 0.25) is 0 Å². The Morgan fingerprint density at radius 2 is 1.96 bits per heavy atom. The number of hydrogen-bond donors (Lipinski definition) is 1. The van der Waals surface area contributed by atoms with Gasteiger partial charge in [0.15, 0.2) is 0 Å². The van der Waals surface area contributed by atoms with Crippen LogP contribution in [0.15, 0.2) is 47.9 Å². The zero-order valence-electron chi connectivity index (χ0n) is 14.8. The zero-order chi connectivity index (χ0) is 18.7. The summed E-state index contributed by atoms with van der Waals surface area (Å²) >= 11 is 0. The van der Waals surface area contributed by atoms with Gasteiger partial charge in [0.1, 0.15) is 5.75 Å². The van der Waals surface area contributed by atoms with Gasteiger partial charge in [-0.05, 0) is 11.6 Å². The van der Waals surface area contributed by atoms with E-state index in [9.17, 15) is 9.59 Å². The third-order valence-corrected chi connectivity index (χ3v) is 3.94. The Hall–Kier alpha value is -3.42. The number of aryl methyl sites for hydroxylation is 2. The minimum absolute atomic E-state index is 0.243. The number of carbonyl (C=O) groups is 1. The molecule has 0 bridgehead atoms. The van der Waals surface area contributed by atoms with Gasteiger partial charge in [-0.1, -0.05) is 0 Å². The van der Waals surface area contributed by atoms with Crippen molar-refractivity contribution in [2.75, 3.05) is 7.11 Å². The van der Waals surface area contributed by atoms with Crippen LogP contribution in [0.4, 0.5) is 0 Å². The Balaban J connectivity index is 1.76. The summed E-state index contributed by atoms with van der Waals surface area (Å²) < 4.78 is 8.19. The van der Waals surface area contributed by atoms with E-state index in [0.29, 0.717) is 12.1 Å². The average Bonchev–Trinajstić information content (AvgIpc) is 3.08. The Kier molecular flexibility index (Phi) is 4.83. The van der Waals surface area contributed by atoms with E-state index in [1.807, 2.05) is 19.3 Å². The van der Waals surface area contributed by atoms with Crippen molar-refractivity contribution in [1.82, 2.24) is 24.6 Å². The van der Waals surface area contributed by atoms with Crippen molar-refractivity contribution in [1.29, 1.82) is 0 Å². The average molecular weight is 353 g/mol. The molecule has 3 aromatic heterocycles. The van der Waals surface area contributed by atoms with Crippen LogP contribution in [0, 0.1) is 0 Å². The van der Waals surface area contributed by atoms with Gasteiger partial charge in [-0.2, -0.15) is 5.10 Å². The standard InChI is InChI=1S/C18H19N5O3/c1-22-11-15(16(26-3)5-17(22)24)18(25)20-7-12-4-13(8-19-6-12)14-9-21-23(2)10-14/h4-6,8-11H,7H2,1-3H3,(H,20,25). The van der Waals surface area contributed by atoms with E-state index in [-0.39, 0.29) is 17.2 Å². The van der Waals surface area contributed by atoms with E-state index in [0.717, 1.165) is 16.7 Å². The second-order valence-electron chi connectivity index (χ2n) is 5.87. The van der Waals surface area contributed by atoms with E-state index >= 15 is 0 Å². The summed E-state index contributed by atoms with van der Waals surface area (Å²) in [6.07, 6.45) is 8.56. The van der Waals surface area contributed by atoms with Crippen LogP contribution in [0.2, 0.25) is 0 Å². The van der Waals surface area contributed by atoms with Gasteiger partial charge >= 0.3 is 0 Å². The number of aromatic nitrogens is 4. The van der Waals surface area contributed by atoms with Gasteiger partial charge in [0, 0.05) is 62.6 Å². The van der Waals surface area contributed by atoms with Crippen molar-refractivity contribution in [3.8, 4) is 16.9 Å². The molecule has 0 saturated heterocycles. The van der Waals surface area contributed by atoms with Gasteiger partial charge < -0.3 is 14.6 Å². The molecular weight excluding hydrogens is 334 g/mol. The lowest BCUT2D eigenvalue weighted by molar-refractivity contribution is 0.0947. The monoisotopic (exact) mass is 353 g/mol. The lowest BCUT2D eigenvalue weighted by atomic mass is 10.1. The smallest absolute Gasteiger partial charge is 0.256 e. The minimum atomic E-state index is -0.329.